The monoisotopic (exact) mass is 453 g/mol. The molecule has 1 aliphatic rings. The van der Waals surface area contributed by atoms with E-state index in [1.807, 2.05) is 28.7 Å². The van der Waals surface area contributed by atoms with Gasteiger partial charge in [0.05, 0.1) is 11.3 Å². The van der Waals surface area contributed by atoms with Gasteiger partial charge >= 0.3 is 0 Å². The van der Waals surface area contributed by atoms with E-state index in [0.717, 1.165) is 43.1 Å². The highest BCUT2D eigenvalue weighted by atomic mass is 32.2. The Hall–Kier alpha value is -2.91. The molecule has 0 aliphatic carbocycles. The third-order valence-electron chi connectivity index (χ3n) is 5.17. The van der Waals surface area contributed by atoms with Gasteiger partial charge in [0.1, 0.15) is 5.03 Å². The van der Waals surface area contributed by atoms with E-state index in [2.05, 4.69) is 32.3 Å². The maximum atomic E-state index is 12.6. The first-order chi connectivity index (χ1) is 15.0. The van der Waals surface area contributed by atoms with Crippen LogP contribution in [0.5, 0.6) is 0 Å². The summed E-state index contributed by atoms with van der Waals surface area (Å²) in [4.78, 5) is 37.2. The average molecular weight is 454 g/mol. The van der Waals surface area contributed by atoms with Gasteiger partial charge in [-0.3, -0.25) is 14.9 Å². The fourth-order valence-electron chi connectivity index (χ4n) is 3.50. The summed E-state index contributed by atoms with van der Waals surface area (Å²) in [6, 6.07) is 11.7. The standard InChI is InChI=1S/C22H23N5O2S2/c1-15(28)26-9-11-27(12-10-26)17-6-3-5-16(13-17)19-14-31-22(24-19)25-20(29)18-7-4-8-23-21(18)30-2/h3-8,13-14H,9-12H2,1-2H3,(H,24,25,29). The second-order valence-electron chi connectivity index (χ2n) is 7.10. The Balaban J connectivity index is 1.46. The van der Waals surface area contributed by atoms with Gasteiger partial charge in [-0.25, -0.2) is 9.97 Å². The van der Waals surface area contributed by atoms with Crippen LogP contribution in [0.1, 0.15) is 17.3 Å². The van der Waals surface area contributed by atoms with Gasteiger partial charge in [0, 0.05) is 55.9 Å². The largest absolute Gasteiger partial charge is 0.368 e. The summed E-state index contributed by atoms with van der Waals surface area (Å²) in [5, 5.41) is 6.07. The number of nitrogens with zero attached hydrogens (tertiary/aromatic N) is 4. The van der Waals surface area contributed by atoms with Crippen LogP contribution in [0.4, 0.5) is 10.8 Å². The molecule has 0 saturated carbocycles. The molecule has 0 atom stereocenters. The van der Waals surface area contributed by atoms with Crippen molar-refractivity contribution in [2.45, 2.75) is 11.9 Å². The fraction of sp³-hybridized carbons (Fsp3) is 0.273. The topological polar surface area (TPSA) is 78.4 Å². The number of hydrogen-bond donors (Lipinski definition) is 1. The molecule has 3 aromatic rings. The number of benzene rings is 1. The Kier molecular flexibility index (Phi) is 6.53. The van der Waals surface area contributed by atoms with Gasteiger partial charge in [0.2, 0.25) is 5.91 Å². The van der Waals surface area contributed by atoms with E-state index in [0.29, 0.717) is 15.7 Å². The van der Waals surface area contributed by atoms with Crippen molar-refractivity contribution >= 4 is 45.7 Å². The second kappa shape index (κ2) is 9.49. The number of nitrogens with one attached hydrogen (secondary N) is 1. The molecule has 9 heteroatoms. The number of rotatable bonds is 5. The number of pyridine rings is 1. The summed E-state index contributed by atoms with van der Waals surface area (Å²) in [7, 11) is 0. The van der Waals surface area contributed by atoms with E-state index < -0.39 is 0 Å². The highest BCUT2D eigenvalue weighted by Crippen LogP contribution is 2.29. The Morgan fingerprint density at radius 2 is 1.94 bits per heavy atom. The SMILES string of the molecule is CSc1ncccc1C(=O)Nc1nc(-c2cccc(N3CCN(C(C)=O)CC3)c2)cs1. The summed E-state index contributed by atoms with van der Waals surface area (Å²) in [6.45, 7) is 4.71. The van der Waals surface area contributed by atoms with E-state index in [1.165, 1.54) is 23.1 Å². The lowest BCUT2D eigenvalue weighted by Gasteiger charge is -2.35. The van der Waals surface area contributed by atoms with Gasteiger partial charge in [-0.05, 0) is 30.5 Å². The van der Waals surface area contributed by atoms with E-state index in [9.17, 15) is 9.59 Å². The molecule has 0 radical (unpaired) electrons. The first-order valence-corrected chi connectivity index (χ1v) is 12.0. The van der Waals surface area contributed by atoms with Crippen molar-refractivity contribution in [3.8, 4) is 11.3 Å². The maximum absolute atomic E-state index is 12.6. The number of carbonyl (C=O) groups is 2. The van der Waals surface area contributed by atoms with Gasteiger partial charge in [-0.2, -0.15) is 0 Å². The van der Waals surface area contributed by atoms with Gasteiger partial charge in [-0.1, -0.05) is 12.1 Å². The van der Waals surface area contributed by atoms with Crippen LogP contribution >= 0.6 is 23.1 Å². The number of piperazine rings is 1. The molecular weight excluding hydrogens is 430 g/mol. The molecule has 1 saturated heterocycles. The Labute approximate surface area is 189 Å². The van der Waals surface area contributed by atoms with Crippen molar-refractivity contribution in [3.63, 3.8) is 0 Å². The summed E-state index contributed by atoms with van der Waals surface area (Å²) < 4.78 is 0. The fourth-order valence-corrected chi connectivity index (χ4v) is 4.76. The highest BCUT2D eigenvalue weighted by molar-refractivity contribution is 7.98. The predicted octanol–water partition coefficient (Wildman–Crippen LogP) is 3.85. The van der Waals surface area contributed by atoms with Crippen molar-refractivity contribution in [3.05, 3.63) is 53.5 Å². The molecule has 2 aromatic heterocycles. The van der Waals surface area contributed by atoms with Crippen molar-refractivity contribution in [2.75, 3.05) is 42.7 Å². The highest BCUT2D eigenvalue weighted by Gasteiger charge is 2.19. The number of anilines is 2. The third kappa shape index (κ3) is 4.88. The van der Waals surface area contributed by atoms with E-state index >= 15 is 0 Å². The lowest BCUT2D eigenvalue weighted by molar-refractivity contribution is -0.129. The smallest absolute Gasteiger partial charge is 0.260 e. The van der Waals surface area contributed by atoms with E-state index in [4.69, 9.17) is 0 Å². The lowest BCUT2D eigenvalue weighted by atomic mass is 10.1. The lowest BCUT2D eigenvalue weighted by Crippen LogP contribution is -2.48. The number of aromatic nitrogens is 2. The van der Waals surface area contributed by atoms with Gasteiger partial charge in [0.25, 0.3) is 5.91 Å². The second-order valence-corrected chi connectivity index (χ2v) is 8.75. The first-order valence-electron chi connectivity index (χ1n) is 9.92. The molecule has 1 fully saturated rings. The maximum Gasteiger partial charge on any atom is 0.260 e. The number of amides is 2. The normalized spacial score (nSPS) is 13.9. The zero-order valence-corrected chi connectivity index (χ0v) is 19.0. The van der Waals surface area contributed by atoms with Crippen molar-refractivity contribution in [1.29, 1.82) is 0 Å². The summed E-state index contributed by atoms with van der Waals surface area (Å²) in [5.74, 6) is -0.0863. The molecular formula is C22H23N5O2S2. The molecule has 7 nitrogen and oxygen atoms in total. The number of thioether (sulfide) groups is 1. The van der Waals surface area contributed by atoms with Crippen LogP contribution in [0.3, 0.4) is 0 Å². The quantitative estimate of drug-likeness (QED) is 0.592. The third-order valence-corrected chi connectivity index (χ3v) is 6.64. The predicted molar refractivity (Wildman–Crippen MR) is 126 cm³/mol. The molecule has 160 valence electrons. The molecule has 1 aliphatic heterocycles. The Morgan fingerprint density at radius 1 is 1.13 bits per heavy atom. The average Bonchev–Trinajstić information content (AvgIpc) is 3.27. The van der Waals surface area contributed by atoms with Crippen LogP contribution < -0.4 is 10.2 Å². The van der Waals surface area contributed by atoms with Crippen LogP contribution in [-0.2, 0) is 4.79 Å². The zero-order valence-electron chi connectivity index (χ0n) is 17.4. The van der Waals surface area contributed by atoms with E-state index in [1.54, 1.807) is 25.3 Å². The van der Waals surface area contributed by atoms with Crippen molar-refractivity contribution in [1.82, 2.24) is 14.9 Å². The van der Waals surface area contributed by atoms with Crippen LogP contribution in [0, 0.1) is 0 Å². The van der Waals surface area contributed by atoms with Crippen molar-refractivity contribution < 1.29 is 9.59 Å². The molecule has 4 rings (SSSR count). The molecule has 2 amide bonds. The molecule has 0 spiro atoms. The van der Waals surface area contributed by atoms with Gasteiger partial charge in [0.15, 0.2) is 5.13 Å². The molecule has 31 heavy (non-hydrogen) atoms. The number of carbonyl (C=O) groups excluding carboxylic acids is 2. The minimum Gasteiger partial charge on any atom is -0.368 e. The van der Waals surface area contributed by atoms with Crippen LogP contribution in [0.15, 0.2) is 53.0 Å². The van der Waals surface area contributed by atoms with Crippen LogP contribution in [-0.4, -0.2) is 59.1 Å². The Bertz CT molecular complexity index is 1090. The van der Waals surface area contributed by atoms with Crippen molar-refractivity contribution in [2.24, 2.45) is 0 Å². The minimum absolute atomic E-state index is 0.126. The number of thiazole rings is 1. The first kappa shape index (κ1) is 21.3. The molecule has 0 unspecified atom stereocenters. The van der Waals surface area contributed by atoms with Crippen LogP contribution in [0.2, 0.25) is 0 Å². The summed E-state index contributed by atoms with van der Waals surface area (Å²) in [5.41, 5.74) is 3.47. The Morgan fingerprint density at radius 3 is 2.68 bits per heavy atom. The summed E-state index contributed by atoms with van der Waals surface area (Å²) >= 11 is 2.84. The minimum atomic E-state index is -0.213. The van der Waals surface area contributed by atoms with Gasteiger partial charge in [-0.15, -0.1) is 23.1 Å². The summed E-state index contributed by atoms with van der Waals surface area (Å²) in [6.07, 6.45) is 3.57. The molecule has 3 heterocycles. The molecule has 0 bridgehead atoms. The number of hydrogen-bond acceptors (Lipinski definition) is 7. The zero-order chi connectivity index (χ0) is 21.8. The van der Waals surface area contributed by atoms with Gasteiger partial charge < -0.3 is 9.80 Å². The molecule has 1 aromatic carbocycles. The molecule has 1 N–H and O–H groups in total. The van der Waals surface area contributed by atoms with E-state index in [-0.39, 0.29) is 11.8 Å². The van der Waals surface area contributed by atoms with Crippen LogP contribution in [0.25, 0.3) is 11.3 Å².